The van der Waals surface area contributed by atoms with Crippen molar-refractivity contribution in [1.82, 2.24) is 9.80 Å². The molecule has 0 unspecified atom stereocenters. The summed E-state index contributed by atoms with van der Waals surface area (Å²) < 4.78 is 51.5. The first-order valence-corrected chi connectivity index (χ1v) is 16.7. The Bertz CT molecular complexity index is 1590. The lowest BCUT2D eigenvalue weighted by molar-refractivity contribution is -0.137. The van der Waals surface area contributed by atoms with Crippen LogP contribution in [0.1, 0.15) is 66.3 Å². The van der Waals surface area contributed by atoms with Crippen molar-refractivity contribution in [3.8, 4) is 5.75 Å². The molecule has 3 aromatic carbocycles. The van der Waals surface area contributed by atoms with Crippen molar-refractivity contribution >= 4 is 29.2 Å². The number of nitrogens with one attached hydrogen (secondary N) is 2. The van der Waals surface area contributed by atoms with Gasteiger partial charge in [-0.25, -0.2) is 4.79 Å². The molecule has 10 nitrogen and oxygen atoms in total. The maximum Gasteiger partial charge on any atom is 0.416 e. The van der Waals surface area contributed by atoms with Crippen LogP contribution in [0.5, 0.6) is 5.75 Å². The summed E-state index contributed by atoms with van der Waals surface area (Å²) in [5.74, 6) is -0.733. The second-order valence-corrected chi connectivity index (χ2v) is 12.7. The summed E-state index contributed by atoms with van der Waals surface area (Å²) in [6.45, 7) is 5.85. The third-order valence-electron chi connectivity index (χ3n) is 8.61. The van der Waals surface area contributed by atoms with E-state index in [1.807, 2.05) is 19.9 Å². The molecule has 270 valence electrons. The van der Waals surface area contributed by atoms with Crippen LogP contribution in [0.3, 0.4) is 0 Å². The van der Waals surface area contributed by atoms with E-state index >= 15 is 0 Å². The molecule has 0 aromatic heterocycles. The van der Waals surface area contributed by atoms with Gasteiger partial charge < -0.3 is 35.0 Å². The van der Waals surface area contributed by atoms with Gasteiger partial charge >= 0.3 is 12.2 Å². The van der Waals surface area contributed by atoms with Gasteiger partial charge in [0.25, 0.3) is 11.8 Å². The van der Waals surface area contributed by atoms with Gasteiger partial charge in [-0.1, -0.05) is 25.1 Å². The number of likely N-dealkylation sites (N-methyl/N-ethyl adjacent to an activating group) is 1. The molecule has 0 radical (unpaired) electrons. The van der Waals surface area contributed by atoms with Gasteiger partial charge in [0.1, 0.15) is 5.75 Å². The van der Waals surface area contributed by atoms with Crippen LogP contribution in [0, 0.1) is 5.92 Å². The smallest absolute Gasteiger partial charge is 0.416 e. The number of rotatable bonds is 7. The number of hydrogen-bond acceptors (Lipinski definition) is 6. The molecule has 0 fully saturated rings. The number of aliphatic hydroxyl groups excluding tert-OH is 1. The van der Waals surface area contributed by atoms with Gasteiger partial charge in [-0.3, -0.25) is 9.59 Å². The Morgan fingerprint density at radius 2 is 1.68 bits per heavy atom. The fourth-order valence-electron chi connectivity index (χ4n) is 5.57. The molecule has 4 amide bonds. The minimum Gasteiger partial charge on any atom is -0.490 e. The predicted octanol–water partition coefficient (Wildman–Crippen LogP) is 6.92. The Morgan fingerprint density at radius 1 is 1.00 bits per heavy atom. The second-order valence-electron chi connectivity index (χ2n) is 12.7. The van der Waals surface area contributed by atoms with E-state index in [1.54, 1.807) is 56.4 Å². The monoisotopic (exact) mass is 698 g/mol. The molecule has 1 heterocycles. The van der Waals surface area contributed by atoms with Gasteiger partial charge in [-0.2, -0.15) is 13.2 Å². The minimum atomic E-state index is -4.49. The van der Waals surface area contributed by atoms with Crippen LogP contribution >= 0.6 is 0 Å². The molecule has 3 N–H and O–H groups in total. The van der Waals surface area contributed by atoms with Gasteiger partial charge in [-0.05, 0) is 87.7 Å². The number of fused-ring (bicyclic) bond motifs is 1. The highest BCUT2D eigenvalue weighted by molar-refractivity contribution is 6.05. The van der Waals surface area contributed by atoms with Crippen LogP contribution in [-0.4, -0.2) is 84.4 Å². The lowest BCUT2D eigenvalue weighted by Gasteiger charge is -2.35. The number of nitrogens with zero attached hydrogens (tertiary/aromatic N) is 2. The van der Waals surface area contributed by atoms with Gasteiger partial charge in [-0.15, -0.1) is 0 Å². The van der Waals surface area contributed by atoms with Gasteiger partial charge in [0.2, 0.25) is 0 Å². The van der Waals surface area contributed by atoms with Crippen molar-refractivity contribution in [3.05, 3.63) is 89.5 Å². The zero-order valence-corrected chi connectivity index (χ0v) is 28.7. The van der Waals surface area contributed by atoms with E-state index in [1.165, 1.54) is 21.9 Å². The summed E-state index contributed by atoms with van der Waals surface area (Å²) in [5.41, 5.74) is 0.460. The number of urea groups is 1. The number of aliphatic hydroxyl groups is 1. The first-order valence-electron chi connectivity index (χ1n) is 16.7. The van der Waals surface area contributed by atoms with E-state index in [0.717, 1.165) is 18.6 Å². The molecule has 50 heavy (non-hydrogen) atoms. The van der Waals surface area contributed by atoms with Crippen molar-refractivity contribution in [2.45, 2.75) is 64.5 Å². The minimum absolute atomic E-state index is 0.120. The average Bonchev–Trinajstić information content (AvgIpc) is 3.09. The summed E-state index contributed by atoms with van der Waals surface area (Å²) in [6.07, 6.45) is -3.11. The van der Waals surface area contributed by atoms with E-state index in [0.29, 0.717) is 36.4 Å². The third kappa shape index (κ3) is 10.4. The van der Waals surface area contributed by atoms with E-state index in [4.69, 9.17) is 9.47 Å². The van der Waals surface area contributed by atoms with E-state index < -0.39 is 35.8 Å². The number of carbonyl (C=O) groups excluding carboxylic acids is 3. The van der Waals surface area contributed by atoms with Crippen molar-refractivity contribution < 1.29 is 42.1 Å². The quantitative estimate of drug-likeness (QED) is 0.247. The fraction of sp³-hybridized carbons (Fsp3) is 0.432. The van der Waals surface area contributed by atoms with Gasteiger partial charge in [0.05, 0.1) is 36.0 Å². The highest BCUT2D eigenvalue weighted by atomic mass is 19.4. The molecule has 1 aliphatic rings. The second kappa shape index (κ2) is 17.3. The van der Waals surface area contributed by atoms with Gasteiger partial charge in [0.15, 0.2) is 0 Å². The normalized spacial score (nSPS) is 19.7. The maximum atomic E-state index is 14.3. The van der Waals surface area contributed by atoms with E-state index in [-0.39, 0.29) is 48.9 Å². The molecule has 13 heteroatoms. The number of hydrogen-bond donors (Lipinski definition) is 3. The van der Waals surface area contributed by atoms with Crippen LogP contribution in [0.2, 0.25) is 0 Å². The molecule has 0 saturated heterocycles. The van der Waals surface area contributed by atoms with E-state index in [2.05, 4.69) is 10.6 Å². The number of alkyl halides is 3. The number of anilines is 2. The van der Waals surface area contributed by atoms with Crippen molar-refractivity contribution in [1.29, 1.82) is 0 Å². The highest BCUT2D eigenvalue weighted by Gasteiger charge is 2.32. The topological polar surface area (TPSA) is 120 Å². The summed E-state index contributed by atoms with van der Waals surface area (Å²) in [5, 5.41) is 15.7. The molecular formula is C37H45F3N4O6. The average molecular weight is 699 g/mol. The number of carbonyl (C=O) groups is 3. The molecular weight excluding hydrogens is 653 g/mol. The first-order chi connectivity index (χ1) is 23.8. The summed E-state index contributed by atoms with van der Waals surface area (Å²) in [4.78, 5) is 43.2. The number of ether oxygens (including phenoxy) is 2. The number of amides is 4. The van der Waals surface area contributed by atoms with Crippen LogP contribution in [0.15, 0.2) is 72.8 Å². The zero-order valence-electron chi connectivity index (χ0n) is 28.7. The standard InChI is InChI=1S/C37H45F3N4O6/c1-24-21-44(25(2)23-45)35(47)31-20-30(41-34(46)27-11-6-5-7-12-27)17-18-32(31)50-26(3)10-8-9-19-49-33(24)22-43(4)36(48)42-29-15-13-28(14-16-29)37(38,39)40/h5-7,11-18,20,24-26,33,45H,8-10,19,21-23H2,1-4H3,(H,41,46)(H,42,48)/t24-,25-,26-,33+/m0/s1. The lowest BCUT2D eigenvalue weighted by Crippen LogP contribution is -2.48. The van der Waals surface area contributed by atoms with Gasteiger partial charge in [0, 0.05) is 49.6 Å². The Balaban J connectivity index is 1.57. The largest absolute Gasteiger partial charge is 0.490 e. The molecule has 3 aromatic rings. The molecule has 4 atom stereocenters. The SMILES string of the molecule is C[C@H]1CCCCO[C@H](CN(C)C(=O)Nc2ccc(C(F)(F)F)cc2)[C@@H](C)CN([C@@H](C)CO)C(=O)c2cc(NC(=O)c3ccccc3)ccc2O1. The van der Waals surface area contributed by atoms with E-state index in [9.17, 15) is 32.7 Å². The number of benzene rings is 3. The maximum absolute atomic E-state index is 14.3. The lowest BCUT2D eigenvalue weighted by atomic mass is 10.0. The summed E-state index contributed by atoms with van der Waals surface area (Å²) >= 11 is 0. The van der Waals surface area contributed by atoms with Crippen LogP contribution in [-0.2, 0) is 10.9 Å². The number of halogens is 3. The predicted molar refractivity (Wildman–Crippen MR) is 184 cm³/mol. The van der Waals surface area contributed by atoms with Crippen molar-refractivity contribution in [3.63, 3.8) is 0 Å². The fourth-order valence-corrected chi connectivity index (χ4v) is 5.57. The van der Waals surface area contributed by atoms with Crippen LogP contribution < -0.4 is 15.4 Å². The molecule has 4 rings (SSSR count). The Labute approximate surface area is 290 Å². The first kappa shape index (κ1) is 38.2. The molecule has 0 aliphatic carbocycles. The Kier molecular flexibility index (Phi) is 13.3. The van der Waals surface area contributed by atoms with Crippen LogP contribution in [0.4, 0.5) is 29.3 Å². The van der Waals surface area contributed by atoms with Crippen molar-refractivity contribution in [2.75, 3.05) is 44.0 Å². The Hall–Kier alpha value is -4.62. The highest BCUT2D eigenvalue weighted by Crippen LogP contribution is 2.31. The summed E-state index contributed by atoms with van der Waals surface area (Å²) in [6, 6.07) is 16.6. The Morgan fingerprint density at radius 3 is 2.34 bits per heavy atom. The summed E-state index contributed by atoms with van der Waals surface area (Å²) in [7, 11) is 1.56. The van der Waals surface area contributed by atoms with Crippen molar-refractivity contribution in [2.24, 2.45) is 5.92 Å². The third-order valence-corrected chi connectivity index (χ3v) is 8.61. The molecule has 0 spiro atoms. The molecule has 0 saturated carbocycles. The molecule has 0 bridgehead atoms. The molecule has 1 aliphatic heterocycles. The van der Waals surface area contributed by atoms with Crippen LogP contribution in [0.25, 0.3) is 0 Å². The zero-order chi connectivity index (χ0) is 36.4.